The maximum atomic E-state index is 13.0. The standard InChI is InChI=1S/C10H12BrFN2S/c1-14(2)9(10(13)15)6-3-4-8(12)7(11)5-6/h3-5,9H,1-2H3,(H2,13,15). The highest BCUT2D eigenvalue weighted by Gasteiger charge is 2.17. The summed E-state index contributed by atoms with van der Waals surface area (Å²) < 4.78 is 13.5. The number of nitrogens with zero attached hydrogens (tertiary/aromatic N) is 1. The highest BCUT2D eigenvalue weighted by molar-refractivity contribution is 9.10. The molecule has 0 amide bonds. The highest BCUT2D eigenvalue weighted by atomic mass is 79.9. The number of thiocarbonyl (C=S) groups is 1. The third-order valence-corrected chi connectivity index (χ3v) is 2.88. The Kier molecular flexibility index (Phi) is 4.19. The first-order valence-corrected chi connectivity index (χ1v) is 5.54. The van der Waals surface area contributed by atoms with Crippen molar-refractivity contribution in [2.24, 2.45) is 5.73 Å². The molecule has 15 heavy (non-hydrogen) atoms. The summed E-state index contributed by atoms with van der Waals surface area (Å²) in [5, 5.41) is 0. The van der Waals surface area contributed by atoms with E-state index in [0.717, 1.165) is 5.56 Å². The molecule has 1 atom stereocenters. The summed E-state index contributed by atoms with van der Waals surface area (Å²) in [6.07, 6.45) is 0. The van der Waals surface area contributed by atoms with Crippen molar-refractivity contribution in [3.63, 3.8) is 0 Å². The van der Waals surface area contributed by atoms with Gasteiger partial charge in [-0.2, -0.15) is 0 Å². The molecule has 2 N–H and O–H groups in total. The molecule has 82 valence electrons. The van der Waals surface area contributed by atoms with Crippen molar-refractivity contribution in [1.82, 2.24) is 4.90 Å². The van der Waals surface area contributed by atoms with E-state index in [9.17, 15) is 4.39 Å². The maximum absolute atomic E-state index is 13.0. The molecule has 0 radical (unpaired) electrons. The number of hydrogen-bond donors (Lipinski definition) is 1. The predicted octanol–water partition coefficient (Wildman–Crippen LogP) is 2.48. The first-order valence-electron chi connectivity index (χ1n) is 4.34. The van der Waals surface area contributed by atoms with Gasteiger partial charge in [-0.3, -0.25) is 4.90 Å². The van der Waals surface area contributed by atoms with Crippen LogP contribution in [0, 0.1) is 5.82 Å². The molecule has 5 heteroatoms. The zero-order valence-corrected chi connectivity index (χ0v) is 10.9. The average molecular weight is 291 g/mol. The van der Waals surface area contributed by atoms with Crippen LogP contribution in [-0.2, 0) is 0 Å². The van der Waals surface area contributed by atoms with Crippen molar-refractivity contribution >= 4 is 33.1 Å². The minimum Gasteiger partial charge on any atom is -0.392 e. The smallest absolute Gasteiger partial charge is 0.137 e. The van der Waals surface area contributed by atoms with Crippen molar-refractivity contribution in [2.75, 3.05) is 14.1 Å². The van der Waals surface area contributed by atoms with Crippen LogP contribution in [-0.4, -0.2) is 24.0 Å². The fourth-order valence-corrected chi connectivity index (χ4v) is 2.14. The van der Waals surface area contributed by atoms with E-state index in [0.29, 0.717) is 9.46 Å². The summed E-state index contributed by atoms with van der Waals surface area (Å²) in [6.45, 7) is 0. The third-order valence-electron chi connectivity index (χ3n) is 2.05. The zero-order chi connectivity index (χ0) is 11.6. The molecule has 0 aliphatic heterocycles. The number of hydrogen-bond acceptors (Lipinski definition) is 2. The van der Waals surface area contributed by atoms with Crippen LogP contribution in [0.3, 0.4) is 0 Å². The molecule has 0 saturated carbocycles. The molecule has 1 aromatic carbocycles. The monoisotopic (exact) mass is 290 g/mol. The van der Waals surface area contributed by atoms with Crippen molar-refractivity contribution < 1.29 is 4.39 Å². The molecule has 0 saturated heterocycles. The second-order valence-electron chi connectivity index (χ2n) is 3.44. The summed E-state index contributed by atoms with van der Waals surface area (Å²) in [4.78, 5) is 2.26. The molecular weight excluding hydrogens is 279 g/mol. The first kappa shape index (κ1) is 12.5. The minimum atomic E-state index is -0.292. The fourth-order valence-electron chi connectivity index (χ4n) is 1.40. The predicted molar refractivity (Wildman–Crippen MR) is 67.3 cm³/mol. The summed E-state index contributed by atoms with van der Waals surface area (Å²) in [5.41, 5.74) is 6.51. The number of nitrogens with two attached hydrogens (primary N) is 1. The molecule has 1 aromatic rings. The fraction of sp³-hybridized carbons (Fsp3) is 0.300. The van der Waals surface area contributed by atoms with Crippen LogP contribution >= 0.6 is 28.1 Å². The van der Waals surface area contributed by atoms with Gasteiger partial charge in [-0.1, -0.05) is 18.3 Å². The van der Waals surface area contributed by atoms with Crippen molar-refractivity contribution in [1.29, 1.82) is 0 Å². The molecule has 0 heterocycles. The van der Waals surface area contributed by atoms with E-state index < -0.39 is 0 Å². The van der Waals surface area contributed by atoms with Crippen molar-refractivity contribution in [3.05, 3.63) is 34.1 Å². The van der Waals surface area contributed by atoms with Gasteiger partial charge in [-0.25, -0.2) is 4.39 Å². The van der Waals surface area contributed by atoms with Crippen molar-refractivity contribution in [2.45, 2.75) is 6.04 Å². The molecular formula is C10H12BrFN2S. The second-order valence-corrected chi connectivity index (χ2v) is 4.77. The van der Waals surface area contributed by atoms with Crippen LogP contribution in [0.25, 0.3) is 0 Å². The molecule has 0 bridgehead atoms. The Hall–Kier alpha value is -0.520. The Morgan fingerprint density at radius 2 is 2.13 bits per heavy atom. The van der Waals surface area contributed by atoms with Gasteiger partial charge in [0.25, 0.3) is 0 Å². The van der Waals surface area contributed by atoms with Gasteiger partial charge in [0.05, 0.1) is 15.5 Å². The Balaban J connectivity index is 3.12. The number of halogens is 2. The van der Waals surface area contributed by atoms with E-state index in [1.54, 1.807) is 12.1 Å². The van der Waals surface area contributed by atoms with Crippen LogP contribution in [0.4, 0.5) is 4.39 Å². The van der Waals surface area contributed by atoms with E-state index in [1.807, 2.05) is 19.0 Å². The zero-order valence-electron chi connectivity index (χ0n) is 8.50. The Morgan fingerprint density at radius 3 is 2.53 bits per heavy atom. The van der Waals surface area contributed by atoms with Gasteiger partial charge < -0.3 is 5.73 Å². The van der Waals surface area contributed by atoms with Crippen LogP contribution in [0.2, 0.25) is 0 Å². The van der Waals surface area contributed by atoms with Crippen LogP contribution in [0.1, 0.15) is 11.6 Å². The lowest BCUT2D eigenvalue weighted by Gasteiger charge is -2.23. The van der Waals surface area contributed by atoms with Crippen LogP contribution in [0.15, 0.2) is 22.7 Å². The second kappa shape index (κ2) is 5.01. The lowest BCUT2D eigenvalue weighted by Crippen LogP contribution is -2.31. The van der Waals surface area contributed by atoms with Gasteiger partial charge in [0, 0.05) is 0 Å². The molecule has 0 aliphatic carbocycles. The molecule has 0 spiro atoms. The topological polar surface area (TPSA) is 29.3 Å². The van der Waals surface area contributed by atoms with Gasteiger partial charge in [0.2, 0.25) is 0 Å². The number of rotatable bonds is 3. The summed E-state index contributed by atoms with van der Waals surface area (Å²) in [5.74, 6) is -0.292. The van der Waals surface area contributed by atoms with E-state index in [4.69, 9.17) is 18.0 Å². The lowest BCUT2D eigenvalue weighted by molar-refractivity contribution is 0.370. The lowest BCUT2D eigenvalue weighted by atomic mass is 10.1. The quantitative estimate of drug-likeness (QED) is 0.868. The average Bonchev–Trinajstić information content (AvgIpc) is 2.10. The minimum absolute atomic E-state index is 0.170. The molecule has 0 fully saturated rings. The van der Waals surface area contributed by atoms with Gasteiger partial charge in [0.15, 0.2) is 0 Å². The molecule has 1 rings (SSSR count). The van der Waals surface area contributed by atoms with Gasteiger partial charge in [0.1, 0.15) is 5.82 Å². The summed E-state index contributed by atoms with van der Waals surface area (Å²) in [7, 11) is 3.75. The van der Waals surface area contributed by atoms with E-state index in [-0.39, 0.29) is 11.9 Å². The van der Waals surface area contributed by atoms with Gasteiger partial charge >= 0.3 is 0 Å². The molecule has 0 aliphatic rings. The van der Waals surface area contributed by atoms with E-state index in [2.05, 4.69) is 15.9 Å². The molecule has 0 aromatic heterocycles. The molecule has 2 nitrogen and oxygen atoms in total. The maximum Gasteiger partial charge on any atom is 0.137 e. The molecule has 1 unspecified atom stereocenters. The summed E-state index contributed by atoms with van der Waals surface area (Å²) in [6, 6.07) is 4.61. The Bertz CT molecular complexity index is 382. The normalized spacial score (nSPS) is 12.9. The Labute approximate surface area is 102 Å². The van der Waals surface area contributed by atoms with Gasteiger partial charge in [-0.15, -0.1) is 0 Å². The SMILES string of the molecule is CN(C)C(C(N)=S)c1ccc(F)c(Br)c1. The largest absolute Gasteiger partial charge is 0.392 e. The number of likely N-dealkylation sites (N-methyl/N-ethyl adjacent to an activating group) is 1. The Morgan fingerprint density at radius 1 is 1.53 bits per heavy atom. The number of benzene rings is 1. The van der Waals surface area contributed by atoms with Crippen LogP contribution in [0.5, 0.6) is 0 Å². The van der Waals surface area contributed by atoms with E-state index >= 15 is 0 Å². The summed E-state index contributed by atoms with van der Waals surface area (Å²) >= 11 is 8.11. The first-order chi connectivity index (χ1) is 6.93. The highest BCUT2D eigenvalue weighted by Crippen LogP contribution is 2.24. The van der Waals surface area contributed by atoms with Crippen LogP contribution < -0.4 is 5.73 Å². The third kappa shape index (κ3) is 2.96. The van der Waals surface area contributed by atoms with E-state index in [1.165, 1.54) is 6.07 Å². The van der Waals surface area contributed by atoms with Crippen molar-refractivity contribution in [3.8, 4) is 0 Å². The van der Waals surface area contributed by atoms with Gasteiger partial charge in [-0.05, 0) is 47.7 Å².